The summed E-state index contributed by atoms with van der Waals surface area (Å²) in [5, 5.41) is 17.9. The van der Waals surface area contributed by atoms with Gasteiger partial charge in [-0.2, -0.15) is 0 Å². The Morgan fingerprint density at radius 1 is 1.29 bits per heavy atom. The molecule has 0 heterocycles. The second-order valence-electron chi connectivity index (χ2n) is 3.54. The Morgan fingerprint density at radius 3 is 2.71 bits per heavy atom. The van der Waals surface area contributed by atoms with E-state index in [2.05, 4.69) is 0 Å². The van der Waals surface area contributed by atoms with Crippen LogP contribution in [0.5, 0.6) is 5.75 Å². The van der Waals surface area contributed by atoms with Crippen molar-refractivity contribution in [2.24, 2.45) is 0 Å². The fourth-order valence-corrected chi connectivity index (χ4v) is 1.35. The lowest BCUT2D eigenvalue weighted by Gasteiger charge is -2.13. The third-order valence-corrected chi connectivity index (χ3v) is 2.14. The van der Waals surface area contributed by atoms with Crippen molar-refractivity contribution in [1.82, 2.24) is 0 Å². The Hall–Kier alpha value is -1.17. The zero-order valence-corrected chi connectivity index (χ0v) is 9.73. The van der Waals surface area contributed by atoms with Crippen LogP contribution in [0.2, 0.25) is 0 Å². The third kappa shape index (κ3) is 4.68. The maximum atomic E-state index is 13.0. The fourth-order valence-electron chi connectivity index (χ4n) is 1.35. The molecule has 0 saturated carbocycles. The number of halogens is 1. The van der Waals surface area contributed by atoms with E-state index in [4.69, 9.17) is 14.6 Å². The molecule has 1 rings (SSSR count). The highest BCUT2D eigenvalue weighted by Gasteiger charge is 2.10. The molecule has 2 N–H and O–H groups in total. The second-order valence-corrected chi connectivity index (χ2v) is 3.54. The normalized spacial score (nSPS) is 12.5. The summed E-state index contributed by atoms with van der Waals surface area (Å²) in [6.07, 6.45) is -0.793. The molecule has 0 aromatic heterocycles. The molecular formula is C12H17FO4. The molecule has 1 atom stereocenters. The summed E-state index contributed by atoms with van der Waals surface area (Å²) in [6.45, 7) is 2.39. The molecular weight excluding hydrogens is 227 g/mol. The van der Waals surface area contributed by atoms with Crippen LogP contribution < -0.4 is 4.74 Å². The largest absolute Gasteiger partial charge is 0.491 e. The fraction of sp³-hybridized carbons (Fsp3) is 0.500. The van der Waals surface area contributed by atoms with Gasteiger partial charge in [0.15, 0.2) is 0 Å². The van der Waals surface area contributed by atoms with Crippen LogP contribution in [0.15, 0.2) is 18.2 Å². The summed E-state index contributed by atoms with van der Waals surface area (Å²) in [6, 6.07) is 3.99. The predicted molar refractivity (Wildman–Crippen MR) is 60.4 cm³/mol. The Bertz CT molecular complexity index is 341. The highest BCUT2D eigenvalue weighted by molar-refractivity contribution is 5.35. The molecule has 0 amide bonds. The second kappa shape index (κ2) is 7.21. The summed E-state index contributed by atoms with van der Waals surface area (Å²) in [4.78, 5) is 0. The highest BCUT2D eigenvalue weighted by Crippen LogP contribution is 2.25. The Balaban J connectivity index is 2.52. The van der Waals surface area contributed by atoms with E-state index in [0.29, 0.717) is 17.9 Å². The molecule has 17 heavy (non-hydrogen) atoms. The molecule has 4 nitrogen and oxygen atoms in total. The van der Waals surface area contributed by atoms with Crippen LogP contribution >= 0.6 is 0 Å². The van der Waals surface area contributed by atoms with Gasteiger partial charge in [0.2, 0.25) is 0 Å². The van der Waals surface area contributed by atoms with Gasteiger partial charge in [-0.1, -0.05) is 0 Å². The van der Waals surface area contributed by atoms with E-state index in [1.807, 2.05) is 0 Å². The number of rotatable bonds is 7. The van der Waals surface area contributed by atoms with Crippen LogP contribution in [0.25, 0.3) is 0 Å². The highest BCUT2D eigenvalue weighted by atomic mass is 19.1. The molecule has 0 fully saturated rings. The maximum absolute atomic E-state index is 13.0. The smallest absolute Gasteiger partial charge is 0.125 e. The van der Waals surface area contributed by atoms with Crippen molar-refractivity contribution in [2.75, 3.05) is 26.4 Å². The molecule has 0 radical (unpaired) electrons. The average Bonchev–Trinajstić information content (AvgIpc) is 2.30. The van der Waals surface area contributed by atoms with Gasteiger partial charge in [-0.25, -0.2) is 4.39 Å². The Morgan fingerprint density at radius 2 is 2.06 bits per heavy atom. The van der Waals surface area contributed by atoms with Crippen molar-refractivity contribution < 1.29 is 24.1 Å². The standard InChI is InChI=1S/C12H17FO4/c1-9(15)11-8-10(13)2-3-12(11)17-7-6-16-5-4-14/h2-3,8-9,14-15H,4-7H2,1H3. The van der Waals surface area contributed by atoms with E-state index in [9.17, 15) is 9.50 Å². The van der Waals surface area contributed by atoms with Gasteiger partial charge < -0.3 is 19.7 Å². The summed E-state index contributed by atoms with van der Waals surface area (Å²) >= 11 is 0. The van der Waals surface area contributed by atoms with Crippen molar-refractivity contribution in [1.29, 1.82) is 0 Å². The molecule has 0 saturated heterocycles. The van der Waals surface area contributed by atoms with Crippen molar-refractivity contribution in [2.45, 2.75) is 13.0 Å². The van der Waals surface area contributed by atoms with E-state index >= 15 is 0 Å². The summed E-state index contributed by atoms with van der Waals surface area (Å²) in [5.74, 6) is 0.0266. The van der Waals surface area contributed by atoms with Gasteiger partial charge in [-0.3, -0.25) is 0 Å². The van der Waals surface area contributed by atoms with E-state index in [1.54, 1.807) is 6.92 Å². The number of benzene rings is 1. The molecule has 0 bridgehead atoms. The molecule has 0 spiro atoms. The minimum atomic E-state index is -0.793. The minimum Gasteiger partial charge on any atom is -0.491 e. The van der Waals surface area contributed by atoms with Crippen LogP contribution in [0, 0.1) is 5.82 Å². The van der Waals surface area contributed by atoms with Crippen molar-refractivity contribution in [3.05, 3.63) is 29.6 Å². The molecule has 1 aromatic rings. The Kier molecular flexibility index (Phi) is 5.90. The maximum Gasteiger partial charge on any atom is 0.125 e. The first-order chi connectivity index (χ1) is 8.15. The van der Waals surface area contributed by atoms with Gasteiger partial charge in [0, 0.05) is 5.56 Å². The van der Waals surface area contributed by atoms with Crippen LogP contribution in [0.3, 0.4) is 0 Å². The van der Waals surface area contributed by atoms with E-state index in [1.165, 1.54) is 18.2 Å². The molecule has 0 aliphatic carbocycles. The van der Waals surface area contributed by atoms with E-state index in [0.717, 1.165) is 0 Å². The van der Waals surface area contributed by atoms with Crippen LogP contribution in [0.4, 0.5) is 4.39 Å². The van der Waals surface area contributed by atoms with Crippen molar-refractivity contribution in [3.8, 4) is 5.75 Å². The Labute approximate surface area is 99.6 Å². The predicted octanol–water partition coefficient (Wildman–Crippen LogP) is 1.27. The number of hydrogen-bond acceptors (Lipinski definition) is 4. The van der Waals surface area contributed by atoms with Crippen LogP contribution in [-0.4, -0.2) is 36.6 Å². The van der Waals surface area contributed by atoms with E-state index < -0.39 is 11.9 Å². The lowest BCUT2D eigenvalue weighted by Crippen LogP contribution is -2.10. The summed E-state index contributed by atoms with van der Waals surface area (Å²) in [7, 11) is 0. The summed E-state index contributed by atoms with van der Waals surface area (Å²) < 4.78 is 23.4. The first-order valence-electron chi connectivity index (χ1n) is 5.44. The molecule has 0 aliphatic heterocycles. The zero-order chi connectivity index (χ0) is 12.7. The van der Waals surface area contributed by atoms with Crippen molar-refractivity contribution in [3.63, 3.8) is 0 Å². The molecule has 96 valence electrons. The van der Waals surface area contributed by atoms with Gasteiger partial charge in [0.1, 0.15) is 18.2 Å². The van der Waals surface area contributed by atoms with Gasteiger partial charge in [-0.05, 0) is 25.1 Å². The van der Waals surface area contributed by atoms with Crippen LogP contribution in [-0.2, 0) is 4.74 Å². The monoisotopic (exact) mass is 244 g/mol. The van der Waals surface area contributed by atoms with Gasteiger partial charge >= 0.3 is 0 Å². The molecule has 1 unspecified atom stereocenters. The van der Waals surface area contributed by atoms with Crippen LogP contribution in [0.1, 0.15) is 18.6 Å². The topological polar surface area (TPSA) is 58.9 Å². The number of aliphatic hydroxyl groups excluding tert-OH is 2. The summed E-state index contributed by atoms with van der Waals surface area (Å²) in [5.41, 5.74) is 0.409. The lowest BCUT2D eigenvalue weighted by molar-refractivity contribution is 0.0695. The molecule has 1 aromatic carbocycles. The lowest BCUT2D eigenvalue weighted by atomic mass is 10.1. The first kappa shape index (κ1) is 13.9. The van der Waals surface area contributed by atoms with Gasteiger partial charge in [-0.15, -0.1) is 0 Å². The van der Waals surface area contributed by atoms with Gasteiger partial charge in [0.25, 0.3) is 0 Å². The van der Waals surface area contributed by atoms with Crippen molar-refractivity contribution >= 4 is 0 Å². The zero-order valence-electron chi connectivity index (χ0n) is 9.73. The quantitative estimate of drug-likeness (QED) is 0.709. The third-order valence-electron chi connectivity index (χ3n) is 2.14. The number of ether oxygens (including phenoxy) is 2. The van der Waals surface area contributed by atoms with Gasteiger partial charge in [0.05, 0.1) is 25.9 Å². The molecule has 5 heteroatoms. The minimum absolute atomic E-state index is 0.0323. The SMILES string of the molecule is CC(O)c1cc(F)ccc1OCCOCCO. The first-order valence-corrected chi connectivity index (χ1v) is 5.44. The average molecular weight is 244 g/mol. The van der Waals surface area contributed by atoms with E-state index in [-0.39, 0.29) is 19.8 Å². The number of hydrogen-bond donors (Lipinski definition) is 2. The number of aliphatic hydroxyl groups is 2. The molecule has 0 aliphatic rings.